The van der Waals surface area contributed by atoms with Gasteiger partial charge in [-0.1, -0.05) is 0 Å². The van der Waals surface area contributed by atoms with E-state index in [1.165, 1.54) is 0 Å². The third-order valence-electron chi connectivity index (χ3n) is 3.03. The number of carbonyl (C=O) groups excluding carboxylic acids is 2. The summed E-state index contributed by atoms with van der Waals surface area (Å²) in [5.41, 5.74) is 0. The van der Waals surface area contributed by atoms with Crippen LogP contribution < -0.4 is 10.6 Å². The van der Waals surface area contributed by atoms with Crippen LogP contribution in [0.3, 0.4) is 0 Å². The van der Waals surface area contributed by atoms with Crippen molar-refractivity contribution in [3.05, 3.63) is 0 Å². The van der Waals surface area contributed by atoms with E-state index in [4.69, 9.17) is 9.47 Å². The zero-order valence-corrected chi connectivity index (χ0v) is 11.0. The van der Waals surface area contributed by atoms with Gasteiger partial charge in [-0.25, -0.2) is 4.79 Å². The first-order chi connectivity index (χ1) is 8.63. The van der Waals surface area contributed by atoms with Crippen molar-refractivity contribution in [3.8, 4) is 0 Å². The Balaban J connectivity index is 2.20. The fraction of sp³-hybridized carbons (Fsp3) is 0.833. The standard InChI is InChI=1S/C12H22N2O4/c1-3-18-11(15)8-13-12(16)14-9(2)10-4-6-17-7-5-10/h9-10H,3-8H2,1-2H3,(H2,13,14,16). The molecule has 0 bridgehead atoms. The summed E-state index contributed by atoms with van der Waals surface area (Å²) in [6.07, 6.45) is 1.92. The van der Waals surface area contributed by atoms with Gasteiger partial charge in [-0.2, -0.15) is 0 Å². The molecule has 1 rings (SSSR count). The van der Waals surface area contributed by atoms with Gasteiger partial charge >= 0.3 is 12.0 Å². The van der Waals surface area contributed by atoms with E-state index in [-0.39, 0.29) is 18.6 Å². The molecule has 0 radical (unpaired) electrons. The van der Waals surface area contributed by atoms with Gasteiger partial charge in [0, 0.05) is 19.3 Å². The van der Waals surface area contributed by atoms with E-state index < -0.39 is 5.97 Å². The van der Waals surface area contributed by atoms with Gasteiger partial charge in [0.1, 0.15) is 6.54 Å². The summed E-state index contributed by atoms with van der Waals surface area (Å²) >= 11 is 0. The molecular weight excluding hydrogens is 236 g/mol. The maximum atomic E-state index is 11.5. The molecule has 1 atom stereocenters. The van der Waals surface area contributed by atoms with Crippen molar-refractivity contribution in [1.29, 1.82) is 0 Å². The van der Waals surface area contributed by atoms with E-state index in [0.29, 0.717) is 12.5 Å². The lowest BCUT2D eigenvalue weighted by molar-refractivity contribution is -0.141. The topological polar surface area (TPSA) is 76.7 Å². The normalized spacial score (nSPS) is 17.9. The van der Waals surface area contributed by atoms with Crippen molar-refractivity contribution in [2.75, 3.05) is 26.4 Å². The highest BCUT2D eigenvalue weighted by atomic mass is 16.5. The van der Waals surface area contributed by atoms with Crippen LogP contribution in [0.15, 0.2) is 0 Å². The van der Waals surface area contributed by atoms with Gasteiger partial charge in [-0.15, -0.1) is 0 Å². The monoisotopic (exact) mass is 258 g/mol. The molecule has 1 aliphatic heterocycles. The van der Waals surface area contributed by atoms with Crippen LogP contribution in [0.1, 0.15) is 26.7 Å². The molecule has 0 aliphatic carbocycles. The van der Waals surface area contributed by atoms with E-state index in [0.717, 1.165) is 26.1 Å². The van der Waals surface area contributed by atoms with E-state index in [1.807, 2.05) is 6.92 Å². The fourth-order valence-electron chi connectivity index (χ4n) is 1.96. The van der Waals surface area contributed by atoms with E-state index in [9.17, 15) is 9.59 Å². The van der Waals surface area contributed by atoms with Gasteiger partial charge in [0.25, 0.3) is 0 Å². The number of urea groups is 1. The summed E-state index contributed by atoms with van der Waals surface area (Å²) in [7, 11) is 0. The molecular formula is C12H22N2O4. The van der Waals surface area contributed by atoms with Gasteiger partial charge < -0.3 is 20.1 Å². The number of esters is 1. The SMILES string of the molecule is CCOC(=O)CNC(=O)NC(C)C1CCOCC1. The molecule has 18 heavy (non-hydrogen) atoms. The molecule has 6 heteroatoms. The molecule has 104 valence electrons. The molecule has 0 aromatic rings. The van der Waals surface area contributed by atoms with Gasteiger partial charge in [0.05, 0.1) is 6.61 Å². The third kappa shape index (κ3) is 5.35. The average molecular weight is 258 g/mol. The Kier molecular flexibility index (Phi) is 6.49. The summed E-state index contributed by atoms with van der Waals surface area (Å²) < 4.78 is 9.99. The average Bonchev–Trinajstić information content (AvgIpc) is 2.38. The Morgan fingerprint density at radius 3 is 2.67 bits per heavy atom. The zero-order chi connectivity index (χ0) is 13.4. The second kappa shape index (κ2) is 7.92. The molecule has 0 spiro atoms. The lowest BCUT2D eigenvalue weighted by Gasteiger charge is -2.28. The fourth-order valence-corrected chi connectivity index (χ4v) is 1.96. The predicted octanol–water partition coefficient (Wildman–Crippen LogP) is 0.664. The predicted molar refractivity (Wildman–Crippen MR) is 66.2 cm³/mol. The van der Waals surface area contributed by atoms with Crippen molar-refractivity contribution in [2.45, 2.75) is 32.7 Å². The Hall–Kier alpha value is -1.30. The quantitative estimate of drug-likeness (QED) is 0.710. The van der Waals surface area contributed by atoms with Gasteiger partial charge in [0.2, 0.25) is 0 Å². The highest BCUT2D eigenvalue weighted by Crippen LogP contribution is 2.18. The molecule has 2 N–H and O–H groups in total. The highest BCUT2D eigenvalue weighted by Gasteiger charge is 2.21. The molecule has 0 saturated carbocycles. The highest BCUT2D eigenvalue weighted by molar-refractivity contribution is 5.80. The molecule has 1 saturated heterocycles. The lowest BCUT2D eigenvalue weighted by Crippen LogP contribution is -2.46. The molecule has 0 aromatic heterocycles. The summed E-state index contributed by atoms with van der Waals surface area (Å²) in [5, 5.41) is 5.32. The van der Waals surface area contributed by atoms with Crippen LogP contribution in [0.5, 0.6) is 0 Å². The smallest absolute Gasteiger partial charge is 0.325 e. The van der Waals surface area contributed by atoms with E-state index in [2.05, 4.69) is 10.6 Å². The number of hydrogen-bond acceptors (Lipinski definition) is 4. The minimum absolute atomic E-state index is 0.0797. The number of amides is 2. The molecule has 1 fully saturated rings. The van der Waals surface area contributed by atoms with Crippen LogP contribution in [-0.2, 0) is 14.3 Å². The largest absolute Gasteiger partial charge is 0.465 e. The van der Waals surface area contributed by atoms with Gasteiger partial charge in [0.15, 0.2) is 0 Å². The number of ether oxygens (including phenoxy) is 2. The van der Waals surface area contributed by atoms with Crippen LogP contribution in [-0.4, -0.2) is 44.4 Å². The molecule has 1 unspecified atom stereocenters. The summed E-state index contributed by atoms with van der Waals surface area (Å²) in [6, 6.07) is -0.252. The summed E-state index contributed by atoms with van der Waals surface area (Å²) in [5.74, 6) is 0.0125. The lowest BCUT2D eigenvalue weighted by atomic mass is 9.93. The van der Waals surface area contributed by atoms with Gasteiger partial charge in [-0.05, 0) is 32.6 Å². The second-order valence-corrected chi connectivity index (χ2v) is 4.37. The van der Waals surface area contributed by atoms with Crippen molar-refractivity contribution < 1.29 is 19.1 Å². The van der Waals surface area contributed by atoms with Crippen LogP contribution in [0.4, 0.5) is 4.79 Å². The minimum atomic E-state index is -0.425. The van der Waals surface area contributed by atoms with E-state index in [1.54, 1.807) is 6.92 Å². The van der Waals surface area contributed by atoms with Crippen molar-refractivity contribution in [2.24, 2.45) is 5.92 Å². The molecule has 2 amide bonds. The summed E-state index contributed by atoms with van der Waals surface area (Å²) in [6.45, 7) is 5.42. The first-order valence-electron chi connectivity index (χ1n) is 6.41. The summed E-state index contributed by atoms with van der Waals surface area (Å²) in [4.78, 5) is 22.6. The molecule has 6 nitrogen and oxygen atoms in total. The zero-order valence-electron chi connectivity index (χ0n) is 11.0. The Morgan fingerprint density at radius 1 is 1.39 bits per heavy atom. The number of hydrogen-bond donors (Lipinski definition) is 2. The molecule has 0 aromatic carbocycles. The molecule has 1 heterocycles. The maximum absolute atomic E-state index is 11.5. The number of rotatable bonds is 5. The Bertz CT molecular complexity index is 277. The first-order valence-corrected chi connectivity index (χ1v) is 6.41. The number of carbonyl (C=O) groups is 2. The third-order valence-corrected chi connectivity index (χ3v) is 3.03. The van der Waals surface area contributed by atoms with E-state index >= 15 is 0 Å². The minimum Gasteiger partial charge on any atom is -0.465 e. The Morgan fingerprint density at radius 2 is 2.06 bits per heavy atom. The van der Waals surface area contributed by atoms with Crippen LogP contribution >= 0.6 is 0 Å². The number of nitrogens with one attached hydrogen (secondary N) is 2. The van der Waals surface area contributed by atoms with Crippen LogP contribution in [0.25, 0.3) is 0 Å². The van der Waals surface area contributed by atoms with Crippen LogP contribution in [0, 0.1) is 5.92 Å². The Labute approximate surface area is 107 Å². The van der Waals surface area contributed by atoms with Crippen molar-refractivity contribution >= 4 is 12.0 Å². The maximum Gasteiger partial charge on any atom is 0.325 e. The van der Waals surface area contributed by atoms with Crippen LogP contribution in [0.2, 0.25) is 0 Å². The van der Waals surface area contributed by atoms with Crippen molar-refractivity contribution in [3.63, 3.8) is 0 Å². The molecule has 1 aliphatic rings. The second-order valence-electron chi connectivity index (χ2n) is 4.37. The van der Waals surface area contributed by atoms with Gasteiger partial charge in [-0.3, -0.25) is 4.79 Å². The van der Waals surface area contributed by atoms with Crippen molar-refractivity contribution in [1.82, 2.24) is 10.6 Å². The first kappa shape index (κ1) is 14.8.